The van der Waals surface area contributed by atoms with Crippen LogP contribution in [0.1, 0.15) is 16.1 Å². The van der Waals surface area contributed by atoms with Crippen LogP contribution in [0.25, 0.3) is 11.0 Å². The van der Waals surface area contributed by atoms with Gasteiger partial charge in [0.05, 0.1) is 18.1 Å². The minimum absolute atomic E-state index is 0.0281. The maximum atomic E-state index is 13.0. The first-order valence-electron chi connectivity index (χ1n) is 8.48. The fourth-order valence-electron chi connectivity index (χ4n) is 2.92. The summed E-state index contributed by atoms with van der Waals surface area (Å²) in [4.78, 5) is 54.4. The summed E-state index contributed by atoms with van der Waals surface area (Å²) in [6.07, 6.45) is 0. The molecule has 9 nitrogen and oxygen atoms in total. The third kappa shape index (κ3) is 3.90. The fourth-order valence-corrected chi connectivity index (χ4v) is 3.11. The van der Waals surface area contributed by atoms with Gasteiger partial charge in [0.25, 0.3) is 5.56 Å². The molecule has 2 heterocycles. The number of ether oxygens (including phenoxy) is 1. The average molecular weight is 417 g/mol. The maximum absolute atomic E-state index is 13.0. The van der Waals surface area contributed by atoms with E-state index in [2.05, 4.69) is 10.3 Å². The lowest BCUT2D eigenvalue weighted by molar-refractivity contribution is -0.116. The van der Waals surface area contributed by atoms with E-state index in [4.69, 9.17) is 16.3 Å². The molecular weight excluding hydrogens is 400 g/mol. The molecule has 0 aliphatic heterocycles. The summed E-state index contributed by atoms with van der Waals surface area (Å²) in [5.41, 5.74) is -0.689. The van der Waals surface area contributed by atoms with Crippen LogP contribution in [0, 0.1) is 6.92 Å². The number of aromatic nitrogens is 3. The molecule has 29 heavy (non-hydrogen) atoms. The van der Waals surface area contributed by atoms with Crippen LogP contribution < -0.4 is 16.6 Å². The van der Waals surface area contributed by atoms with Crippen LogP contribution in [-0.4, -0.2) is 33.1 Å². The summed E-state index contributed by atoms with van der Waals surface area (Å²) in [6, 6.07) is 7.84. The molecule has 3 aromatic rings. The predicted octanol–water partition coefficient (Wildman–Crippen LogP) is 1.48. The highest BCUT2D eigenvalue weighted by molar-refractivity contribution is 6.30. The maximum Gasteiger partial charge on any atom is 0.338 e. The third-order valence-electron chi connectivity index (χ3n) is 4.24. The number of amides is 1. The molecular formula is C19H17ClN4O5. The van der Waals surface area contributed by atoms with Crippen molar-refractivity contribution < 1.29 is 14.3 Å². The largest absolute Gasteiger partial charge is 0.465 e. The molecule has 0 fully saturated rings. The number of nitrogens with one attached hydrogen (secondary N) is 1. The van der Waals surface area contributed by atoms with Crippen molar-refractivity contribution in [2.24, 2.45) is 7.05 Å². The molecule has 0 saturated carbocycles. The second-order valence-corrected chi connectivity index (χ2v) is 6.73. The van der Waals surface area contributed by atoms with Gasteiger partial charge in [-0.05, 0) is 31.2 Å². The van der Waals surface area contributed by atoms with Crippen molar-refractivity contribution >= 4 is 40.2 Å². The Morgan fingerprint density at radius 3 is 2.62 bits per heavy atom. The highest BCUT2D eigenvalue weighted by atomic mass is 35.5. The van der Waals surface area contributed by atoms with Crippen LogP contribution >= 0.6 is 11.6 Å². The number of rotatable bonds is 4. The van der Waals surface area contributed by atoms with Crippen molar-refractivity contribution in [1.82, 2.24) is 14.1 Å². The Kier molecular flexibility index (Phi) is 5.51. The molecule has 0 bridgehead atoms. The number of methoxy groups -OCH3 is 1. The minimum atomic E-state index is -0.808. The van der Waals surface area contributed by atoms with Crippen molar-refractivity contribution in [2.75, 3.05) is 12.4 Å². The standard InChI is InChI=1S/C19H17ClN4O5/c1-10-7-13(18(27)29-3)15-16(21-10)23(2)19(28)24(17(15)26)9-14(25)22-12-6-4-5-11(20)8-12/h4-8H,9H2,1-3H3,(H,22,25). The van der Waals surface area contributed by atoms with Gasteiger partial charge in [-0.15, -0.1) is 0 Å². The van der Waals surface area contributed by atoms with Gasteiger partial charge in [-0.1, -0.05) is 17.7 Å². The van der Waals surface area contributed by atoms with Crippen LogP contribution in [0.4, 0.5) is 5.69 Å². The Bertz CT molecular complexity index is 1260. The molecule has 0 unspecified atom stereocenters. The normalized spacial score (nSPS) is 10.8. The lowest BCUT2D eigenvalue weighted by atomic mass is 10.1. The molecule has 150 valence electrons. The molecule has 3 rings (SSSR count). The highest BCUT2D eigenvalue weighted by Crippen LogP contribution is 2.16. The summed E-state index contributed by atoms with van der Waals surface area (Å²) in [7, 11) is 2.59. The molecule has 1 aromatic carbocycles. The van der Waals surface area contributed by atoms with Gasteiger partial charge in [0, 0.05) is 23.5 Å². The zero-order valence-electron chi connectivity index (χ0n) is 15.9. The van der Waals surface area contributed by atoms with Gasteiger partial charge >= 0.3 is 11.7 Å². The van der Waals surface area contributed by atoms with Crippen LogP contribution in [0.3, 0.4) is 0 Å². The van der Waals surface area contributed by atoms with Gasteiger partial charge in [0.15, 0.2) is 0 Å². The van der Waals surface area contributed by atoms with Gasteiger partial charge in [0.2, 0.25) is 5.91 Å². The van der Waals surface area contributed by atoms with E-state index in [1.54, 1.807) is 25.1 Å². The van der Waals surface area contributed by atoms with Crippen molar-refractivity contribution in [3.8, 4) is 0 Å². The van der Waals surface area contributed by atoms with E-state index in [0.717, 1.165) is 9.13 Å². The molecule has 1 N–H and O–H groups in total. The Morgan fingerprint density at radius 2 is 1.97 bits per heavy atom. The van der Waals surface area contributed by atoms with E-state index < -0.39 is 29.7 Å². The van der Waals surface area contributed by atoms with Gasteiger partial charge in [0.1, 0.15) is 12.2 Å². The van der Waals surface area contributed by atoms with E-state index in [1.807, 2.05) is 0 Å². The molecule has 2 aromatic heterocycles. The predicted molar refractivity (Wildman–Crippen MR) is 107 cm³/mol. The zero-order valence-corrected chi connectivity index (χ0v) is 16.6. The molecule has 0 spiro atoms. The Balaban J connectivity index is 2.12. The van der Waals surface area contributed by atoms with Crippen LogP contribution in [0.15, 0.2) is 39.9 Å². The number of anilines is 1. The first kappa shape index (κ1) is 20.3. The SMILES string of the molecule is COC(=O)c1cc(C)nc2c1c(=O)n(CC(=O)Nc1cccc(Cl)c1)c(=O)n2C. The number of carbonyl (C=O) groups excluding carboxylic acids is 2. The van der Waals surface area contributed by atoms with Gasteiger partial charge < -0.3 is 10.1 Å². The summed E-state index contributed by atoms with van der Waals surface area (Å²) in [6.45, 7) is 1.07. The summed E-state index contributed by atoms with van der Waals surface area (Å²) in [5, 5.41) is 2.90. The Labute approximate surface area is 169 Å². The molecule has 0 aliphatic rings. The van der Waals surface area contributed by atoms with Gasteiger partial charge in [-0.3, -0.25) is 18.7 Å². The fraction of sp³-hybridized carbons (Fsp3) is 0.211. The topological polar surface area (TPSA) is 112 Å². The first-order chi connectivity index (χ1) is 13.7. The summed E-state index contributed by atoms with van der Waals surface area (Å²) >= 11 is 5.89. The number of pyridine rings is 1. The number of aryl methyl sites for hydroxylation is 2. The number of hydrogen-bond acceptors (Lipinski definition) is 6. The van der Waals surface area contributed by atoms with Crippen molar-refractivity contribution in [2.45, 2.75) is 13.5 Å². The lowest BCUT2D eigenvalue weighted by Gasteiger charge is -2.13. The van der Waals surface area contributed by atoms with Crippen LogP contribution in [0.5, 0.6) is 0 Å². The summed E-state index contributed by atoms with van der Waals surface area (Å²) < 4.78 is 6.60. The van der Waals surface area contributed by atoms with Crippen LogP contribution in [-0.2, 0) is 23.1 Å². The number of nitrogens with zero attached hydrogens (tertiary/aromatic N) is 3. The number of hydrogen-bond donors (Lipinski definition) is 1. The quantitative estimate of drug-likeness (QED) is 0.645. The second-order valence-electron chi connectivity index (χ2n) is 6.29. The third-order valence-corrected chi connectivity index (χ3v) is 4.47. The highest BCUT2D eigenvalue weighted by Gasteiger charge is 2.21. The monoisotopic (exact) mass is 416 g/mol. The number of halogens is 1. The number of benzene rings is 1. The van der Waals surface area contributed by atoms with E-state index >= 15 is 0 Å². The zero-order chi connectivity index (χ0) is 21.3. The minimum Gasteiger partial charge on any atom is -0.465 e. The Morgan fingerprint density at radius 1 is 1.24 bits per heavy atom. The molecule has 0 radical (unpaired) electrons. The van der Waals surface area contributed by atoms with E-state index in [9.17, 15) is 19.2 Å². The Hall–Kier alpha value is -3.46. The van der Waals surface area contributed by atoms with E-state index in [-0.39, 0.29) is 16.6 Å². The first-order valence-corrected chi connectivity index (χ1v) is 8.85. The van der Waals surface area contributed by atoms with Gasteiger partial charge in [-0.2, -0.15) is 0 Å². The number of fused-ring (bicyclic) bond motifs is 1. The van der Waals surface area contributed by atoms with E-state index in [0.29, 0.717) is 16.4 Å². The average Bonchev–Trinajstić information content (AvgIpc) is 2.68. The smallest absolute Gasteiger partial charge is 0.338 e. The van der Waals surface area contributed by atoms with E-state index in [1.165, 1.54) is 26.3 Å². The van der Waals surface area contributed by atoms with Crippen molar-refractivity contribution in [3.05, 3.63) is 67.4 Å². The van der Waals surface area contributed by atoms with Crippen LogP contribution in [0.2, 0.25) is 5.02 Å². The molecule has 10 heteroatoms. The molecule has 1 amide bonds. The molecule has 0 saturated heterocycles. The second kappa shape index (κ2) is 7.88. The molecule has 0 atom stereocenters. The number of carbonyl (C=O) groups is 2. The van der Waals surface area contributed by atoms with Gasteiger partial charge in [-0.25, -0.2) is 14.6 Å². The summed E-state index contributed by atoms with van der Waals surface area (Å²) in [5.74, 6) is -1.35. The van der Waals surface area contributed by atoms with Crippen molar-refractivity contribution in [3.63, 3.8) is 0 Å². The number of esters is 1. The molecule has 0 aliphatic carbocycles. The van der Waals surface area contributed by atoms with Crippen molar-refractivity contribution in [1.29, 1.82) is 0 Å². The lowest BCUT2D eigenvalue weighted by Crippen LogP contribution is -2.42.